The zero-order valence-electron chi connectivity index (χ0n) is 9.55. The van der Waals surface area contributed by atoms with Crippen molar-refractivity contribution in [2.75, 3.05) is 24.3 Å². The van der Waals surface area contributed by atoms with Crippen molar-refractivity contribution in [3.8, 4) is 0 Å². The van der Waals surface area contributed by atoms with E-state index >= 15 is 0 Å². The molecule has 1 aliphatic heterocycles. The maximum Gasteiger partial charge on any atom is 0.175 e. The van der Waals surface area contributed by atoms with Crippen molar-refractivity contribution in [3.05, 3.63) is 29.8 Å². The molecule has 2 rings (SSSR count). The number of sulfone groups is 1. The smallest absolute Gasteiger partial charge is 0.175 e. The normalized spacial score (nSPS) is 25.7. The molecule has 1 aromatic carbocycles. The van der Waals surface area contributed by atoms with Crippen molar-refractivity contribution in [1.29, 1.82) is 0 Å². The monoisotopic (exact) mass is 273 g/mol. The first-order valence-corrected chi connectivity index (χ1v) is 8.73. The Balaban J connectivity index is 2.20. The number of hydrogen-bond donors (Lipinski definition) is 1. The Bertz CT molecular complexity index is 522. The van der Waals surface area contributed by atoms with Crippen molar-refractivity contribution in [2.45, 2.75) is 10.9 Å². The predicted octanol–water partition coefficient (Wildman–Crippen LogP) is 0.483. The maximum absolute atomic E-state index is 11.4. The van der Waals surface area contributed by atoms with Crippen LogP contribution in [0.15, 0.2) is 29.2 Å². The van der Waals surface area contributed by atoms with Crippen LogP contribution in [-0.2, 0) is 20.6 Å². The molecular formula is C11H15NO3S2. The minimum atomic E-state index is -3.14. The fourth-order valence-corrected chi connectivity index (χ4v) is 3.66. The van der Waals surface area contributed by atoms with E-state index in [9.17, 15) is 12.6 Å². The molecule has 0 aliphatic carbocycles. The lowest BCUT2D eigenvalue weighted by molar-refractivity contribution is 0.571. The summed E-state index contributed by atoms with van der Waals surface area (Å²) in [4.78, 5) is 0.318. The fourth-order valence-electron chi connectivity index (χ4n) is 1.84. The van der Waals surface area contributed by atoms with Gasteiger partial charge in [0.25, 0.3) is 0 Å². The lowest BCUT2D eigenvalue weighted by atomic mass is 10.1. The summed E-state index contributed by atoms with van der Waals surface area (Å²) < 4.78 is 34.1. The minimum absolute atomic E-state index is 0.0678. The van der Waals surface area contributed by atoms with Crippen LogP contribution in [-0.4, -0.2) is 36.9 Å². The van der Waals surface area contributed by atoms with Gasteiger partial charge in [0.15, 0.2) is 9.84 Å². The number of rotatable bonds is 2. The minimum Gasteiger partial charge on any atom is -0.308 e. The van der Waals surface area contributed by atoms with Gasteiger partial charge in [0, 0.05) is 41.1 Å². The van der Waals surface area contributed by atoms with E-state index in [0.717, 1.165) is 12.1 Å². The summed E-state index contributed by atoms with van der Waals surface area (Å²) in [7, 11) is -3.92. The van der Waals surface area contributed by atoms with Crippen LogP contribution in [0.25, 0.3) is 0 Å². The van der Waals surface area contributed by atoms with Crippen LogP contribution in [0.5, 0.6) is 0 Å². The van der Waals surface area contributed by atoms with Crippen LogP contribution in [0.3, 0.4) is 0 Å². The summed E-state index contributed by atoms with van der Waals surface area (Å²) in [6.45, 7) is 0.741. The molecule has 0 spiro atoms. The SMILES string of the molecule is CS(=O)(=O)c1ccc(C2CS(=O)CCN2)cc1. The van der Waals surface area contributed by atoms with Gasteiger partial charge in [-0.1, -0.05) is 12.1 Å². The van der Waals surface area contributed by atoms with Gasteiger partial charge in [0.2, 0.25) is 0 Å². The molecule has 1 aromatic rings. The molecule has 2 atom stereocenters. The van der Waals surface area contributed by atoms with Gasteiger partial charge < -0.3 is 5.32 Å². The van der Waals surface area contributed by atoms with Crippen molar-refractivity contribution in [1.82, 2.24) is 5.32 Å². The maximum atomic E-state index is 11.4. The molecule has 1 saturated heterocycles. The highest BCUT2D eigenvalue weighted by Crippen LogP contribution is 2.19. The summed E-state index contributed by atoms with van der Waals surface area (Å²) in [5.74, 6) is 1.29. The van der Waals surface area contributed by atoms with Gasteiger partial charge >= 0.3 is 0 Å². The van der Waals surface area contributed by atoms with E-state index in [0.29, 0.717) is 16.4 Å². The average Bonchev–Trinajstić information content (AvgIpc) is 2.28. The Hall–Kier alpha value is -0.720. The molecule has 0 aromatic heterocycles. The first kappa shape index (κ1) is 12.7. The van der Waals surface area contributed by atoms with Gasteiger partial charge in [-0.2, -0.15) is 0 Å². The molecule has 17 heavy (non-hydrogen) atoms. The first-order valence-electron chi connectivity index (χ1n) is 5.35. The summed E-state index contributed by atoms with van der Waals surface area (Å²) in [5, 5.41) is 3.28. The first-order chi connectivity index (χ1) is 7.97. The second kappa shape index (κ2) is 4.88. The molecule has 4 nitrogen and oxygen atoms in total. The standard InChI is InChI=1S/C11H15NO3S2/c1-17(14,15)10-4-2-9(3-5-10)11-8-16(13)7-6-12-11/h2-5,11-12H,6-8H2,1H3. The van der Waals surface area contributed by atoms with Gasteiger partial charge in [-0.15, -0.1) is 0 Å². The zero-order chi connectivity index (χ0) is 12.5. The quantitative estimate of drug-likeness (QED) is 0.851. The Kier molecular flexibility index (Phi) is 3.65. The van der Waals surface area contributed by atoms with E-state index in [-0.39, 0.29) is 6.04 Å². The highest BCUT2D eigenvalue weighted by molar-refractivity contribution is 7.90. The fraction of sp³-hybridized carbons (Fsp3) is 0.455. The largest absolute Gasteiger partial charge is 0.308 e. The Morgan fingerprint density at radius 3 is 2.47 bits per heavy atom. The molecule has 1 fully saturated rings. The van der Waals surface area contributed by atoms with Crippen LogP contribution in [0.1, 0.15) is 11.6 Å². The second-order valence-electron chi connectivity index (χ2n) is 4.16. The average molecular weight is 273 g/mol. The van der Waals surface area contributed by atoms with Crippen LogP contribution in [0.2, 0.25) is 0 Å². The van der Waals surface area contributed by atoms with E-state index < -0.39 is 20.6 Å². The Morgan fingerprint density at radius 2 is 1.94 bits per heavy atom. The molecule has 1 N–H and O–H groups in total. The van der Waals surface area contributed by atoms with E-state index in [2.05, 4.69) is 5.32 Å². The van der Waals surface area contributed by atoms with E-state index in [4.69, 9.17) is 0 Å². The van der Waals surface area contributed by atoms with Crippen molar-refractivity contribution >= 4 is 20.6 Å². The third-order valence-corrected chi connectivity index (χ3v) is 5.28. The van der Waals surface area contributed by atoms with Crippen LogP contribution >= 0.6 is 0 Å². The lowest BCUT2D eigenvalue weighted by Crippen LogP contribution is -2.36. The summed E-state index contributed by atoms with van der Waals surface area (Å²) in [6.07, 6.45) is 1.19. The molecule has 0 saturated carbocycles. The summed E-state index contributed by atoms with van der Waals surface area (Å²) in [6, 6.07) is 6.85. The van der Waals surface area contributed by atoms with Gasteiger partial charge in [-0.25, -0.2) is 8.42 Å². The number of benzene rings is 1. The number of nitrogens with one attached hydrogen (secondary N) is 1. The number of hydrogen-bond acceptors (Lipinski definition) is 4. The Labute approximate surface area is 104 Å². The molecule has 0 amide bonds. The van der Waals surface area contributed by atoms with Crippen LogP contribution in [0.4, 0.5) is 0 Å². The van der Waals surface area contributed by atoms with Gasteiger partial charge in [-0.3, -0.25) is 4.21 Å². The van der Waals surface area contributed by atoms with Crippen molar-refractivity contribution in [3.63, 3.8) is 0 Å². The van der Waals surface area contributed by atoms with Crippen molar-refractivity contribution < 1.29 is 12.6 Å². The molecule has 2 unspecified atom stereocenters. The molecule has 0 bridgehead atoms. The Morgan fingerprint density at radius 1 is 1.29 bits per heavy atom. The summed E-state index contributed by atoms with van der Waals surface area (Å²) >= 11 is 0. The van der Waals surface area contributed by atoms with E-state index in [1.807, 2.05) is 0 Å². The van der Waals surface area contributed by atoms with Crippen molar-refractivity contribution in [2.24, 2.45) is 0 Å². The predicted molar refractivity (Wildman–Crippen MR) is 68.2 cm³/mol. The van der Waals surface area contributed by atoms with E-state index in [1.165, 1.54) is 6.26 Å². The van der Waals surface area contributed by atoms with Gasteiger partial charge in [0.05, 0.1) is 4.90 Å². The van der Waals surface area contributed by atoms with Crippen LogP contribution in [0, 0.1) is 0 Å². The molecule has 6 heteroatoms. The second-order valence-corrected chi connectivity index (χ2v) is 7.80. The topological polar surface area (TPSA) is 63.2 Å². The molecular weight excluding hydrogens is 258 g/mol. The van der Waals surface area contributed by atoms with Gasteiger partial charge in [-0.05, 0) is 17.7 Å². The van der Waals surface area contributed by atoms with Crippen LogP contribution < -0.4 is 5.32 Å². The highest BCUT2D eigenvalue weighted by Gasteiger charge is 2.19. The molecule has 1 aliphatic rings. The highest BCUT2D eigenvalue weighted by atomic mass is 32.2. The lowest BCUT2D eigenvalue weighted by Gasteiger charge is -2.23. The molecule has 94 valence electrons. The third kappa shape index (κ3) is 3.14. The zero-order valence-corrected chi connectivity index (χ0v) is 11.2. The molecule has 1 heterocycles. The third-order valence-electron chi connectivity index (χ3n) is 2.78. The molecule has 0 radical (unpaired) electrons. The summed E-state index contributed by atoms with van der Waals surface area (Å²) in [5.41, 5.74) is 0.991. The van der Waals surface area contributed by atoms with E-state index in [1.54, 1.807) is 24.3 Å². The van der Waals surface area contributed by atoms with Gasteiger partial charge in [0.1, 0.15) is 0 Å².